The van der Waals surface area contributed by atoms with Gasteiger partial charge in [-0.05, 0) is 34.9 Å². The Morgan fingerprint density at radius 2 is 1.38 bits per heavy atom. The van der Waals surface area contributed by atoms with E-state index in [1.54, 1.807) is 42.5 Å². The maximum absolute atomic E-state index is 13.1. The summed E-state index contributed by atoms with van der Waals surface area (Å²) in [4.78, 5) is 38.8. The van der Waals surface area contributed by atoms with Crippen molar-refractivity contribution in [3.05, 3.63) is 70.3 Å². The third kappa shape index (κ3) is 4.69. The van der Waals surface area contributed by atoms with Gasteiger partial charge in [0.1, 0.15) is 6.61 Å². The van der Waals surface area contributed by atoms with Crippen LogP contribution < -0.4 is 0 Å². The molecule has 4 nitrogen and oxygen atoms in total. The van der Waals surface area contributed by atoms with Crippen molar-refractivity contribution >= 4 is 17.5 Å². The lowest BCUT2D eigenvalue weighted by atomic mass is 9.69. The second-order valence-electron chi connectivity index (χ2n) is 10.3. The molecule has 0 heterocycles. The number of carbonyl (C=O) groups excluding carboxylic acids is 3. The number of carbonyl (C=O) groups is 3. The van der Waals surface area contributed by atoms with E-state index in [-0.39, 0.29) is 40.9 Å². The van der Waals surface area contributed by atoms with Crippen LogP contribution in [0.1, 0.15) is 98.2 Å². The Morgan fingerprint density at radius 3 is 1.91 bits per heavy atom. The highest BCUT2D eigenvalue weighted by Gasteiger charge is 2.38. The van der Waals surface area contributed by atoms with Crippen molar-refractivity contribution in [3.63, 3.8) is 0 Å². The molecular formula is C28H34O4. The van der Waals surface area contributed by atoms with Crippen LogP contribution in [0, 0.1) is 16.7 Å². The second-order valence-corrected chi connectivity index (χ2v) is 10.3. The first-order valence-electron chi connectivity index (χ1n) is 11.5. The summed E-state index contributed by atoms with van der Waals surface area (Å²) in [6.07, 6.45) is 2.79. The standard InChI is InChI=1S/C28H34O4/c1-7-28(6,8-2)16-23(27(3,4)5)26(31)32-17-18-13-14-21-22(15-18)25(30)20-12-10-9-11-19(20)24(21)29/h9-15,23H,7-8,16-17H2,1-6H3. The molecule has 0 aliphatic heterocycles. The third-order valence-corrected chi connectivity index (χ3v) is 7.10. The highest BCUT2D eigenvalue weighted by Crippen LogP contribution is 2.41. The number of hydrogen-bond donors (Lipinski definition) is 0. The first-order chi connectivity index (χ1) is 15.0. The number of rotatable bonds is 7. The predicted octanol–water partition coefficient (Wildman–Crippen LogP) is 6.38. The Hall–Kier alpha value is -2.75. The molecule has 3 rings (SSSR count). The van der Waals surface area contributed by atoms with Crippen LogP contribution >= 0.6 is 0 Å². The van der Waals surface area contributed by atoms with Crippen molar-refractivity contribution in [2.45, 2.75) is 67.4 Å². The summed E-state index contributed by atoms with van der Waals surface area (Å²) in [7, 11) is 0. The molecule has 2 aromatic carbocycles. The van der Waals surface area contributed by atoms with Gasteiger partial charge in [-0.25, -0.2) is 0 Å². The molecule has 0 saturated heterocycles. The molecule has 32 heavy (non-hydrogen) atoms. The van der Waals surface area contributed by atoms with Gasteiger partial charge in [0.25, 0.3) is 0 Å². The molecule has 2 aromatic rings. The minimum atomic E-state index is -0.222. The Bertz CT molecular complexity index is 1040. The van der Waals surface area contributed by atoms with Gasteiger partial charge in [0.05, 0.1) is 5.92 Å². The fourth-order valence-corrected chi connectivity index (χ4v) is 4.27. The summed E-state index contributed by atoms with van der Waals surface area (Å²) in [5, 5.41) is 0. The van der Waals surface area contributed by atoms with Gasteiger partial charge >= 0.3 is 5.97 Å². The van der Waals surface area contributed by atoms with Gasteiger partial charge in [-0.3, -0.25) is 14.4 Å². The van der Waals surface area contributed by atoms with Crippen molar-refractivity contribution in [1.82, 2.24) is 0 Å². The molecule has 0 aromatic heterocycles. The lowest BCUT2D eigenvalue weighted by Gasteiger charge is -2.36. The van der Waals surface area contributed by atoms with Crippen molar-refractivity contribution in [3.8, 4) is 0 Å². The van der Waals surface area contributed by atoms with Gasteiger partial charge in [0.2, 0.25) is 0 Å². The molecule has 1 atom stereocenters. The minimum Gasteiger partial charge on any atom is -0.461 e. The fraction of sp³-hybridized carbons (Fsp3) is 0.464. The summed E-state index contributed by atoms with van der Waals surface area (Å²) in [6, 6.07) is 12.0. The Labute approximate surface area is 191 Å². The molecule has 0 amide bonds. The Kier molecular flexibility index (Phi) is 6.73. The molecule has 0 bridgehead atoms. The van der Waals surface area contributed by atoms with E-state index in [1.807, 2.05) is 0 Å². The van der Waals surface area contributed by atoms with Crippen molar-refractivity contribution in [1.29, 1.82) is 0 Å². The van der Waals surface area contributed by atoms with E-state index in [0.29, 0.717) is 27.8 Å². The first-order valence-corrected chi connectivity index (χ1v) is 11.5. The Morgan fingerprint density at radius 1 is 0.844 bits per heavy atom. The highest BCUT2D eigenvalue weighted by molar-refractivity contribution is 6.28. The SMILES string of the molecule is CCC(C)(CC)CC(C(=O)OCc1ccc2c(c1)C(=O)c1ccccc1C2=O)C(C)(C)C. The van der Waals surface area contributed by atoms with Gasteiger partial charge in [-0.1, -0.05) is 84.7 Å². The minimum absolute atomic E-state index is 0.0801. The summed E-state index contributed by atoms with van der Waals surface area (Å²) in [6.45, 7) is 12.9. The number of esters is 1. The van der Waals surface area contributed by atoms with E-state index >= 15 is 0 Å². The molecule has 4 heteroatoms. The van der Waals surface area contributed by atoms with Crippen molar-refractivity contribution in [2.24, 2.45) is 16.7 Å². The van der Waals surface area contributed by atoms with E-state index < -0.39 is 0 Å². The molecule has 1 aliphatic rings. The second kappa shape index (κ2) is 9.01. The maximum atomic E-state index is 13.1. The molecule has 170 valence electrons. The van der Waals surface area contributed by atoms with Crippen LogP contribution in [0.15, 0.2) is 42.5 Å². The average Bonchev–Trinajstić information content (AvgIpc) is 2.78. The zero-order valence-corrected chi connectivity index (χ0v) is 20.1. The smallest absolute Gasteiger partial charge is 0.309 e. The zero-order valence-electron chi connectivity index (χ0n) is 20.1. The molecule has 1 aliphatic carbocycles. The quantitative estimate of drug-likeness (QED) is 0.405. The maximum Gasteiger partial charge on any atom is 0.309 e. The Balaban J connectivity index is 1.79. The molecule has 1 unspecified atom stereocenters. The van der Waals surface area contributed by atoms with E-state index in [9.17, 15) is 14.4 Å². The van der Waals surface area contributed by atoms with Crippen LogP contribution in [-0.2, 0) is 16.1 Å². The van der Waals surface area contributed by atoms with Crippen molar-refractivity contribution < 1.29 is 19.1 Å². The van der Waals surface area contributed by atoms with Gasteiger partial charge in [0, 0.05) is 22.3 Å². The van der Waals surface area contributed by atoms with E-state index in [4.69, 9.17) is 4.74 Å². The zero-order chi connectivity index (χ0) is 23.7. The molecule has 0 saturated carbocycles. The van der Waals surface area contributed by atoms with Crippen LogP contribution in [-0.4, -0.2) is 17.5 Å². The highest BCUT2D eigenvalue weighted by atomic mass is 16.5. The lowest BCUT2D eigenvalue weighted by Crippen LogP contribution is -2.35. The van der Waals surface area contributed by atoms with E-state index in [1.165, 1.54) is 0 Å². The third-order valence-electron chi connectivity index (χ3n) is 7.10. The monoisotopic (exact) mass is 434 g/mol. The largest absolute Gasteiger partial charge is 0.461 e. The number of hydrogen-bond acceptors (Lipinski definition) is 4. The predicted molar refractivity (Wildman–Crippen MR) is 126 cm³/mol. The number of fused-ring (bicyclic) bond motifs is 2. The van der Waals surface area contributed by atoms with Crippen LogP contribution in [0.5, 0.6) is 0 Å². The van der Waals surface area contributed by atoms with Crippen LogP contribution in [0.3, 0.4) is 0 Å². The molecule has 0 N–H and O–H groups in total. The van der Waals surface area contributed by atoms with E-state index in [0.717, 1.165) is 19.3 Å². The summed E-state index contributed by atoms with van der Waals surface area (Å²) in [5.41, 5.74) is 2.21. The lowest BCUT2D eigenvalue weighted by molar-refractivity contribution is -0.155. The van der Waals surface area contributed by atoms with Crippen LogP contribution in [0.25, 0.3) is 0 Å². The van der Waals surface area contributed by atoms with Gasteiger partial charge in [-0.15, -0.1) is 0 Å². The fourth-order valence-electron chi connectivity index (χ4n) is 4.27. The molecular weight excluding hydrogens is 400 g/mol. The molecule has 0 radical (unpaired) electrons. The first kappa shape index (κ1) is 23.9. The average molecular weight is 435 g/mol. The van der Waals surface area contributed by atoms with E-state index in [2.05, 4.69) is 41.5 Å². The summed E-state index contributed by atoms with van der Waals surface area (Å²) >= 11 is 0. The van der Waals surface area contributed by atoms with Crippen molar-refractivity contribution in [2.75, 3.05) is 0 Å². The molecule has 0 spiro atoms. The summed E-state index contributed by atoms with van der Waals surface area (Å²) in [5.74, 6) is -0.751. The summed E-state index contributed by atoms with van der Waals surface area (Å²) < 4.78 is 5.74. The number of ketones is 2. The van der Waals surface area contributed by atoms with Crippen LogP contribution in [0.4, 0.5) is 0 Å². The van der Waals surface area contributed by atoms with Gasteiger partial charge in [0.15, 0.2) is 11.6 Å². The van der Waals surface area contributed by atoms with Gasteiger partial charge in [-0.2, -0.15) is 0 Å². The van der Waals surface area contributed by atoms with Gasteiger partial charge < -0.3 is 4.74 Å². The van der Waals surface area contributed by atoms with Crippen LogP contribution in [0.2, 0.25) is 0 Å². The topological polar surface area (TPSA) is 60.4 Å². The number of benzene rings is 2. The number of ether oxygens (including phenoxy) is 1. The molecule has 0 fully saturated rings. The normalized spacial score (nSPS) is 14.6.